The summed E-state index contributed by atoms with van der Waals surface area (Å²) in [4.78, 5) is 16.2. The zero-order chi connectivity index (χ0) is 11.3. The first-order valence-corrected chi connectivity index (χ1v) is 6.06. The van der Waals surface area contributed by atoms with E-state index in [1.54, 1.807) is 0 Å². The molecular weight excluding hydrogens is 188 g/mol. The summed E-state index contributed by atoms with van der Waals surface area (Å²) in [5.74, 6) is 0.975. The molecule has 0 spiro atoms. The van der Waals surface area contributed by atoms with Crippen LogP contribution in [0.25, 0.3) is 0 Å². The lowest BCUT2D eigenvalue weighted by molar-refractivity contribution is -0.131. The summed E-state index contributed by atoms with van der Waals surface area (Å²) in [7, 11) is 2.13. The molecule has 0 saturated carbocycles. The van der Waals surface area contributed by atoms with Crippen LogP contribution in [-0.4, -0.2) is 48.9 Å². The lowest BCUT2D eigenvalue weighted by Crippen LogP contribution is -2.34. The molecule has 1 heterocycles. The third kappa shape index (κ3) is 4.65. The first-order valence-electron chi connectivity index (χ1n) is 6.06. The van der Waals surface area contributed by atoms with Gasteiger partial charge in [0, 0.05) is 26.1 Å². The number of rotatable bonds is 3. The van der Waals surface area contributed by atoms with E-state index in [0.717, 1.165) is 45.4 Å². The second-order valence-corrected chi connectivity index (χ2v) is 4.97. The third-order valence-electron chi connectivity index (χ3n) is 3.01. The molecule has 0 aromatic rings. The van der Waals surface area contributed by atoms with Gasteiger partial charge in [-0.1, -0.05) is 13.8 Å². The molecule has 1 rings (SSSR count). The highest BCUT2D eigenvalue weighted by Gasteiger charge is 2.16. The van der Waals surface area contributed by atoms with E-state index in [0.29, 0.717) is 11.8 Å². The number of hydrogen-bond acceptors (Lipinski definition) is 2. The van der Waals surface area contributed by atoms with Gasteiger partial charge < -0.3 is 9.80 Å². The van der Waals surface area contributed by atoms with Crippen molar-refractivity contribution in [2.45, 2.75) is 33.1 Å². The Morgan fingerprint density at radius 1 is 1.20 bits per heavy atom. The molecule has 3 heteroatoms. The van der Waals surface area contributed by atoms with Gasteiger partial charge >= 0.3 is 0 Å². The van der Waals surface area contributed by atoms with Gasteiger partial charge in [0.05, 0.1) is 0 Å². The average molecular weight is 212 g/mol. The number of carbonyl (C=O) groups excluding carboxylic acids is 1. The van der Waals surface area contributed by atoms with Crippen molar-refractivity contribution < 1.29 is 4.79 Å². The number of hydrogen-bond donors (Lipinski definition) is 0. The van der Waals surface area contributed by atoms with E-state index in [2.05, 4.69) is 25.8 Å². The summed E-state index contributed by atoms with van der Waals surface area (Å²) in [5.41, 5.74) is 0. The summed E-state index contributed by atoms with van der Waals surface area (Å²) < 4.78 is 0. The quantitative estimate of drug-likeness (QED) is 0.709. The molecule has 0 N–H and O–H groups in total. The van der Waals surface area contributed by atoms with Crippen LogP contribution in [0.3, 0.4) is 0 Å². The van der Waals surface area contributed by atoms with Crippen LogP contribution in [0.5, 0.6) is 0 Å². The predicted molar refractivity (Wildman–Crippen MR) is 62.8 cm³/mol. The largest absolute Gasteiger partial charge is 0.341 e. The standard InChI is InChI=1S/C12H24N2O/c1-11(2)5-6-12(15)14-8-4-7-13(3)9-10-14/h11H,4-10H2,1-3H3. The van der Waals surface area contributed by atoms with E-state index in [-0.39, 0.29) is 0 Å². The van der Waals surface area contributed by atoms with Crippen LogP contribution in [0.1, 0.15) is 33.1 Å². The van der Waals surface area contributed by atoms with Crippen LogP contribution >= 0.6 is 0 Å². The molecule has 0 radical (unpaired) electrons. The van der Waals surface area contributed by atoms with E-state index in [1.165, 1.54) is 0 Å². The van der Waals surface area contributed by atoms with Crippen molar-refractivity contribution in [1.29, 1.82) is 0 Å². The van der Waals surface area contributed by atoms with E-state index < -0.39 is 0 Å². The van der Waals surface area contributed by atoms with Crippen molar-refractivity contribution in [3.8, 4) is 0 Å². The Bertz CT molecular complexity index is 204. The molecule has 1 aliphatic heterocycles. The Morgan fingerprint density at radius 2 is 1.93 bits per heavy atom. The topological polar surface area (TPSA) is 23.6 Å². The molecule has 1 amide bonds. The van der Waals surface area contributed by atoms with Crippen molar-refractivity contribution in [1.82, 2.24) is 9.80 Å². The number of amides is 1. The lowest BCUT2D eigenvalue weighted by Gasteiger charge is -2.20. The van der Waals surface area contributed by atoms with Crippen molar-refractivity contribution in [3.05, 3.63) is 0 Å². The fourth-order valence-electron chi connectivity index (χ4n) is 1.87. The van der Waals surface area contributed by atoms with Crippen LogP contribution in [-0.2, 0) is 4.79 Å². The molecule has 0 aromatic carbocycles. The lowest BCUT2D eigenvalue weighted by atomic mass is 10.1. The van der Waals surface area contributed by atoms with Gasteiger partial charge in [-0.25, -0.2) is 0 Å². The van der Waals surface area contributed by atoms with Crippen molar-refractivity contribution in [3.63, 3.8) is 0 Å². The minimum atomic E-state index is 0.346. The smallest absolute Gasteiger partial charge is 0.222 e. The molecule has 3 nitrogen and oxygen atoms in total. The molecule has 0 bridgehead atoms. The number of likely N-dealkylation sites (N-methyl/N-ethyl adjacent to an activating group) is 1. The Hall–Kier alpha value is -0.570. The first kappa shape index (κ1) is 12.5. The Balaban J connectivity index is 2.31. The fraction of sp³-hybridized carbons (Fsp3) is 0.917. The maximum absolute atomic E-state index is 11.9. The molecule has 88 valence electrons. The minimum absolute atomic E-state index is 0.346. The normalized spacial score (nSPS) is 19.3. The molecule has 1 fully saturated rings. The summed E-state index contributed by atoms with van der Waals surface area (Å²) >= 11 is 0. The Labute approximate surface area is 93.4 Å². The van der Waals surface area contributed by atoms with Gasteiger partial charge in [-0.2, -0.15) is 0 Å². The fourth-order valence-corrected chi connectivity index (χ4v) is 1.87. The maximum Gasteiger partial charge on any atom is 0.222 e. The molecule has 1 aliphatic rings. The SMILES string of the molecule is CC(C)CCC(=O)N1CCCN(C)CC1. The van der Waals surface area contributed by atoms with Crippen molar-refractivity contribution in [2.75, 3.05) is 33.2 Å². The number of carbonyl (C=O) groups is 1. The Kier molecular flexibility index (Phi) is 5.09. The van der Waals surface area contributed by atoms with Gasteiger partial charge in [0.15, 0.2) is 0 Å². The van der Waals surface area contributed by atoms with E-state index in [9.17, 15) is 4.79 Å². The van der Waals surface area contributed by atoms with Crippen molar-refractivity contribution >= 4 is 5.91 Å². The van der Waals surface area contributed by atoms with Crippen molar-refractivity contribution in [2.24, 2.45) is 5.92 Å². The first-order chi connectivity index (χ1) is 7.09. The van der Waals surface area contributed by atoms with Gasteiger partial charge in [-0.15, -0.1) is 0 Å². The summed E-state index contributed by atoms with van der Waals surface area (Å²) in [6, 6.07) is 0. The van der Waals surface area contributed by atoms with Gasteiger partial charge in [-0.05, 0) is 32.4 Å². The highest BCUT2D eigenvalue weighted by atomic mass is 16.2. The molecule has 0 unspecified atom stereocenters. The average Bonchev–Trinajstić information content (AvgIpc) is 2.39. The predicted octanol–water partition coefficient (Wildman–Crippen LogP) is 1.59. The zero-order valence-corrected chi connectivity index (χ0v) is 10.3. The molecule has 15 heavy (non-hydrogen) atoms. The van der Waals surface area contributed by atoms with E-state index >= 15 is 0 Å². The zero-order valence-electron chi connectivity index (χ0n) is 10.3. The Morgan fingerprint density at radius 3 is 2.60 bits per heavy atom. The summed E-state index contributed by atoms with van der Waals surface area (Å²) in [5, 5.41) is 0. The third-order valence-corrected chi connectivity index (χ3v) is 3.01. The van der Waals surface area contributed by atoms with Crippen LogP contribution in [0, 0.1) is 5.92 Å². The maximum atomic E-state index is 11.9. The monoisotopic (exact) mass is 212 g/mol. The number of nitrogens with zero attached hydrogens (tertiary/aromatic N) is 2. The highest BCUT2D eigenvalue weighted by Crippen LogP contribution is 2.08. The van der Waals surface area contributed by atoms with Gasteiger partial charge in [0.25, 0.3) is 0 Å². The van der Waals surface area contributed by atoms with E-state index in [4.69, 9.17) is 0 Å². The van der Waals surface area contributed by atoms with Crippen LogP contribution in [0.2, 0.25) is 0 Å². The minimum Gasteiger partial charge on any atom is -0.341 e. The van der Waals surface area contributed by atoms with E-state index in [1.807, 2.05) is 4.90 Å². The summed E-state index contributed by atoms with van der Waals surface area (Å²) in [6.07, 6.45) is 2.86. The van der Waals surface area contributed by atoms with Crippen LogP contribution in [0.4, 0.5) is 0 Å². The molecular formula is C12H24N2O. The second kappa shape index (κ2) is 6.11. The molecule has 0 aromatic heterocycles. The van der Waals surface area contributed by atoms with Crippen LogP contribution < -0.4 is 0 Å². The van der Waals surface area contributed by atoms with Gasteiger partial charge in [-0.3, -0.25) is 4.79 Å². The van der Waals surface area contributed by atoms with Gasteiger partial charge in [0.2, 0.25) is 5.91 Å². The highest BCUT2D eigenvalue weighted by molar-refractivity contribution is 5.76. The molecule has 0 atom stereocenters. The van der Waals surface area contributed by atoms with Crippen LogP contribution in [0.15, 0.2) is 0 Å². The van der Waals surface area contributed by atoms with Gasteiger partial charge in [0.1, 0.15) is 0 Å². The second-order valence-electron chi connectivity index (χ2n) is 4.97. The molecule has 0 aliphatic carbocycles. The molecule has 1 saturated heterocycles. The summed E-state index contributed by atoms with van der Waals surface area (Å²) in [6.45, 7) is 8.34.